The van der Waals surface area contributed by atoms with E-state index in [1.807, 2.05) is 10.6 Å². The Morgan fingerprint density at radius 3 is 2.56 bits per heavy atom. The van der Waals surface area contributed by atoms with Gasteiger partial charge in [-0.2, -0.15) is 5.26 Å². The largest absolute Gasteiger partial charge is 0.472 e. The van der Waals surface area contributed by atoms with E-state index in [1.54, 1.807) is 42.8 Å². The minimum Gasteiger partial charge on any atom is -0.472 e. The van der Waals surface area contributed by atoms with Gasteiger partial charge in [0.25, 0.3) is 0 Å². The number of fused-ring (bicyclic) bond motifs is 1. The summed E-state index contributed by atoms with van der Waals surface area (Å²) in [5.41, 5.74) is 3.35. The fraction of sp³-hybridized carbons (Fsp3) is 0.200. The second-order valence-corrected chi connectivity index (χ2v) is 9.91. The molecule has 0 saturated heterocycles. The third-order valence-electron chi connectivity index (χ3n) is 6.46. The number of nitriles is 1. The van der Waals surface area contributed by atoms with Crippen molar-refractivity contribution in [3.63, 3.8) is 0 Å². The molecule has 3 aromatic carbocycles. The standard InChI is InChI=1S/C30H24F2N4O4S/c1-38-10-9-36-26-13-21(30(37)39-2)7-8-25(26)34-27(36)14-19-5-6-20(12-24(19)32)29-35-28(17-41-29)40-16-22-4-3-18(15-33)11-23(22)31/h3-8,11-13,17H,9-10,14,16H2,1-2H3. The second kappa shape index (κ2) is 12.2. The van der Waals surface area contributed by atoms with Gasteiger partial charge < -0.3 is 18.8 Å². The summed E-state index contributed by atoms with van der Waals surface area (Å²) in [6.45, 7) is 0.828. The van der Waals surface area contributed by atoms with Crippen LogP contribution in [0.5, 0.6) is 5.88 Å². The Hall–Kier alpha value is -4.66. The van der Waals surface area contributed by atoms with Crippen LogP contribution in [0.15, 0.2) is 60.0 Å². The molecule has 2 aromatic heterocycles. The number of halogens is 2. The lowest BCUT2D eigenvalue weighted by atomic mass is 10.1. The molecule has 5 aromatic rings. The number of carbonyl (C=O) groups is 1. The van der Waals surface area contributed by atoms with Crippen LogP contribution in [0.2, 0.25) is 0 Å². The summed E-state index contributed by atoms with van der Waals surface area (Å²) in [4.78, 5) is 21.1. The lowest BCUT2D eigenvalue weighted by Gasteiger charge is -2.10. The van der Waals surface area contributed by atoms with Crippen molar-refractivity contribution in [1.82, 2.24) is 14.5 Å². The van der Waals surface area contributed by atoms with Gasteiger partial charge >= 0.3 is 5.97 Å². The van der Waals surface area contributed by atoms with Crippen LogP contribution in [-0.2, 0) is 29.0 Å². The van der Waals surface area contributed by atoms with Crippen molar-refractivity contribution < 1.29 is 27.8 Å². The van der Waals surface area contributed by atoms with Crippen LogP contribution in [0.4, 0.5) is 8.78 Å². The minimum absolute atomic E-state index is 0.0563. The predicted molar refractivity (Wildman–Crippen MR) is 149 cm³/mol. The Balaban J connectivity index is 1.34. The van der Waals surface area contributed by atoms with Gasteiger partial charge in [-0.1, -0.05) is 18.2 Å². The van der Waals surface area contributed by atoms with Crippen molar-refractivity contribution in [2.75, 3.05) is 20.8 Å². The van der Waals surface area contributed by atoms with Gasteiger partial charge in [0, 0.05) is 31.2 Å². The van der Waals surface area contributed by atoms with Crippen LogP contribution in [0.1, 0.15) is 32.9 Å². The van der Waals surface area contributed by atoms with E-state index < -0.39 is 17.6 Å². The Morgan fingerprint density at radius 2 is 1.83 bits per heavy atom. The SMILES string of the molecule is COCCn1c(Cc2ccc(-c3nc(OCc4ccc(C#N)cc4F)cs3)cc2F)nc2ccc(C(=O)OC)cc21. The Bertz CT molecular complexity index is 1780. The Kier molecular flexibility index (Phi) is 8.33. The average molecular weight is 575 g/mol. The first-order valence-corrected chi connectivity index (χ1v) is 13.4. The number of esters is 1. The van der Waals surface area contributed by atoms with Crippen molar-refractivity contribution >= 4 is 28.3 Å². The quantitative estimate of drug-likeness (QED) is 0.191. The smallest absolute Gasteiger partial charge is 0.337 e. The molecule has 208 valence electrons. The first-order chi connectivity index (χ1) is 19.9. The summed E-state index contributed by atoms with van der Waals surface area (Å²) >= 11 is 1.28. The minimum atomic E-state index is -0.531. The molecule has 11 heteroatoms. The summed E-state index contributed by atoms with van der Waals surface area (Å²) in [6, 6.07) is 16.0. The molecule has 0 spiro atoms. The number of imidazole rings is 1. The molecular formula is C30H24F2N4O4S. The molecule has 0 aliphatic rings. The van der Waals surface area contributed by atoms with E-state index in [1.165, 1.54) is 36.6 Å². The summed E-state index contributed by atoms with van der Waals surface area (Å²) in [5, 5.41) is 11.1. The molecule has 0 radical (unpaired) electrons. The zero-order valence-electron chi connectivity index (χ0n) is 22.2. The summed E-state index contributed by atoms with van der Waals surface area (Å²) < 4.78 is 47.1. The lowest BCUT2D eigenvalue weighted by Crippen LogP contribution is -2.10. The van der Waals surface area contributed by atoms with Gasteiger partial charge in [-0.3, -0.25) is 0 Å². The van der Waals surface area contributed by atoms with Crippen LogP contribution >= 0.6 is 11.3 Å². The van der Waals surface area contributed by atoms with E-state index in [2.05, 4.69) is 4.98 Å². The number of aromatic nitrogens is 3. The van der Waals surface area contributed by atoms with Gasteiger partial charge in [0.05, 0.1) is 47.3 Å². The number of nitrogens with zero attached hydrogens (tertiary/aromatic N) is 4. The fourth-order valence-electron chi connectivity index (χ4n) is 4.32. The van der Waals surface area contributed by atoms with Crippen molar-refractivity contribution in [2.24, 2.45) is 0 Å². The summed E-state index contributed by atoms with van der Waals surface area (Å²) in [7, 11) is 2.92. The molecular weight excluding hydrogens is 550 g/mol. The number of methoxy groups -OCH3 is 2. The molecule has 0 aliphatic carbocycles. The van der Waals surface area contributed by atoms with Crippen molar-refractivity contribution in [3.8, 4) is 22.5 Å². The highest BCUT2D eigenvalue weighted by Gasteiger charge is 2.17. The van der Waals surface area contributed by atoms with Crippen LogP contribution in [0.25, 0.3) is 21.6 Å². The number of carbonyl (C=O) groups excluding carboxylic acids is 1. The Morgan fingerprint density at radius 1 is 1.02 bits per heavy atom. The molecule has 0 saturated carbocycles. The first kappa shape index (κ1) is 27.9. The molecule has 0 aliphatic heterocycles. The topological polar surface area (TPSA) is 99.3 Å². The van der Waals surface area contributed by atoms with Crippen LogP contribution in [0.3, 0.4) is 0 Å². The fourth-order valence-corrected chi connectivity index (χ4v) is 5.06. The molecule has 0 atom stereocenters. The number of ether oxygens (including phenoxy) is 3. The highest BCUT2D eigenvalue weighted by molar-refractivity contribution is 7.13. The normalized spacial score (nSPS) is 11.0. The lowest BCUT2D eigenvalue weighted by molar-refractivity contribution is 0.0601. The number of hydrogen-bond acceptors (Lipinski definition) is 8. The number of thiazole rings is 1. The third kappa shape index (κ3) is 6.09. The molecule has 0 fully saturated rings. The maximum Gasteiger partial charge on any atom is 0.337 e. The van der Waals surface area contributed by atoms with Crippen molar-refractivity contribution in [1.29, 1.82) is 5.26 Å². The molecule has 0 amide bonds. The predicted octanol–water partition coefficient (Wildman–Crippen LogP) is 5.91. The van der Waals surface area contributed by atoms with Gasteiger partial charge in [0.2, 0.25) is 5.88 Å². The molecule has 2 heterocycles. The van der Waals surface area contributed by atoms with Gasteiger partial charge in [0.1, 0.15) is 29.1 Å². The molecule has 5 rings (SSSR count). The van der Waals surface area contributed by atoms with E-state index in [4.69, 9.17) is 24.5 Å². The number of rotatable bonds is 10. The summed E-state index contributed by atoms with van der Waals surface area (Å²) in [5.74, 6) is -0.480. The Labute approximate surface area is 238 Å². The first-order valence-electron chi connectivity index (χ1n) is 12.5. The summed E-state index contributed by atoms with van der Waals surface area (Å²) in [6.07, 6.45) is 0.223. The molecule has 0 bridgehead atoms. The van der Waals surface area contributed by atoms with Crippen LogP contribution in [-0.4, -0.2) is 41.3 Å². The number of hydrogen-bond donors (Lipinski definition) is 0. The van der Waals surface area contributed by atoms with E-state index in [9.17, 15) is 9.18 Å². The van der Waals surface area contributed by atoms with Crippen LogP contribution < -0.4 is 4.74 Å². The molecule has 8 nitrogen and oxygen atoms in total. The maximum atomic E-state index is 15.3. The molecule has 0 unspecified atom stereocenters. The van der Waals surface area contributed by atoms with Gasteiger partial charge in [-0.25, -0.2) is 23.5 Å². The highest BCUT2D eigenvalue weighted by atomic mass is 32.1. The van der Waals surface area contributed by atoms with Crippen molar-refractivity contribution in [3.05, 3.63) is 99.7 Å². The van der Waals surface area contributed by atoms with E-state index in [0.717, 1.165) is 11.6 Å². The van der Waals surface area contributed by atoms with E-state index >= 15 is 4.39 Å². The van der Waals surface area contributed by atoms with Gasteiger partial charge in [-0.15, -0.1) is 11.3 Å². The van der Waals surface area contributed by atoms with E-state index in [0.29, 0.717) is 51.8 Å². The average Bonchev–Trinajstić information content (AvgIpc) is 3.60. The zero-order chi connectivity index (χ0) is 28.9. The van der Waals surface area contributed by atoms with Crippen LogP contribution in [0, 0.1) is 23.0 Å². The molecule has 41 heavy (non-hydrogen) atoms. The maximum absolute atomic E-state index is 15.3. The number of benzene rings is 3. The van der Waals surface area contributed by atoms with Gasteiger partial charge in [-0.05, 0) is 42.0 Å². The third-order valence-corrected chi connectivity index (χ3v) is 7.33. The monoisotopic (exact) mass is 574 g/mol. The molecule has 0 N–H and O–H groups in total. The van der Waals surface area contributed by atoms with E-state index in [-0.39, 0.29) is 24.5 Å². The van der Waals surface area contributed by atoms with Crippen molar-refractivity contribution in [2.45, 2.75) is 19.6 Å². The zero-order valence-corrected chi connectivity index (χ0v) is 23.0. The second-order valence-electron chi connectivity index (χ2n) is 9.05. The van der Waals surface area contributed by atoms with Gasteiger partial charge in [0.15, 0.2) is 0 Å². The highest BCUT2D eigenvalue weighted by Crippen LogP contribution is 2.30.